The van der Waals surface area contributed by atoms with E-state index in [9.17, 15) is 0 Å². The summed E-state index contributed by atoms with van der Waals surface area (Å²) in [7, 11) is 0. The van der Waals surface area contributed by atoms with E-state index in [-0.39, 0.29) is 58.9 Å². The molecule has 0 atom stereocenters. The third-order valence-electron chi connectivity index (χ3n) is 1.86. The zero-order valence-electron chi connectivity index (χ0n) is 8.34. The Labute approximate surface area is 125 Å². The monoisotopic (exact) mass is 244 g/mol. The topological polar surface area (TPSA) is 136 Å². The quantitative estimate of drug-likeness (QED) is 0.446. The van der Waals surface area contributed by atoms with Gasteiger partial charge in [0.05, 0.1) is 0 Å². The van der Waals surface area contributed by atoms with Crippen LogP contribution < -0.4 is 4.57 Å². The fraction of sp³-hybridized carbons (Fsp3) is 0.100. The van der Waals surface area contributed by atoms with E-state index in [4.69, 9.17) is 26.3 Å². The predicted molar refractivity (Wildman–Crippen MR) is 56.1 cm³/mol. The summed E-state index contributed by atoms with van der Waals surface area (Å²) in [6, 6.07) is 8.43. The van der Waals surface area contributed by atoms with Crippen LogP contribution in [0.5, 0.6) is 0 Å². The number of aromatic nitrogens is 2. The molecule has 0 aliphatic heterocycles. The molecule has 1 aromatic rings. The van der Waals surface area contributed by atoms with Crippen LogP contribution in [0.4, 0.5) is 0 Å². The predicted octanol–water partition coefficient (Wildman–Crippen LogP) is -1.27. The van der Waals surface area contributed by atoms with Gasteiger partial charge in [0.1, 0.15) is 18.2 Å². The number of nitriles is 5. The maximum absolute atomic E-state index is 8.88. The van der Waals surface area contributed by atoms with Crippen molar-refractivity contribution in [1.29, 1.82) is 26.3 Å². The molecule has 0 fully saturated rings. The molecule has 7 nitrogen and oxygen atoms in total. The van der Waals surface area contributed by atoms with Gasteiger partial charge in [-0.05, 0) is 0 Å². The number of hydrogen-bond donors (Lipinski definition) is 0. The molecule has 0 aliphatic rings. The third kappa shape index (κ3) is 2.61. The molecule has 78 valence electrons. The van der Waals surface area contributed by atoms with Crippen LogP contribution >= 0.6 is 0 Å². The van der Waals surface area contributed by atoms with Gasteiger partial charge in [0.15, 0.2) is 12.1 Å². The van der Waals surface area contributed by atoms with E-state index < -0.39 is 0 Å². The van der Waals surface area contributed by atoms with Gasteiger partial charge in [-0.1, -0.05) is 0 Å². The van der Waals surface area contributed by atoms with Crippen molar-refractivity contribution < 1.29 is 4.57 Å². The van der Waals surface area contributed by atoms with Crippen LogP contribution in [0.2, 0.25) is 0 Å². The Hall–Kier alpha value is -2.47. The van der Waals surface area contributed by atoms with Gasteiger partial charge in [-0.3, -0.25) is 0 Å². The number of rotatable bonds is 1. The van der Waals surface area contributed by atoms with Gasteiger partial charge in [0, 0.05) is 0 Å². The molecule has 0 aromatic carbocycles. The molecule has 0 saturated heterocycles. The van der Waals surface area contributed by atoms with E-state index in [0.29, 0.717) is 0 Å². The summed E-state index contributed by atoms with van der Waals surface area (Å²) in [5.74, 6) is 0. The summed E-state index contributed by atoms with van der Waals surface area (Å²) in [6.07, 6.45) is 0. The molecule has 0 unspecified atom stereocenters. The number of hydrogen-bond acceptors (Lipinski definition) is 6. The fourth-order valence-electron chi connectivity index (χ4n) is 1.20. The second-order valence-electron chi connectivity index (χ2n) is 2.70. The molecule has 0 radical (unpaired) electrons. The Morgan fingerprint density at radius 3 is 1.56 bits per heavy atom. The van der Waals surface area contributed by atoms with Crippen LogP contribution in [0.1, 0.15) is 22.8 Å². The summed E-state index contributed by atoms with van der Waals surface area (Å²) in [4.78, 5) is 3.60. The van der Waals surface area contributed by atoms with Crippen molar-refractivity contribution in [3.05, 3.63) is 22.8 Å². The van der Waals surface area contributed by atoms with Crippen molar-refractivity contribution in [2.75, 3.05) is 0 Å². The minimum absolute atomic E-state index is 0. The van der Waals surface area contributed by atoms with Crippen LogP contribution in [0.25, 0.3) is 0 Å². The molecule has 8 heteroatoms. The van der Waals surface area contributed by atoms with Crippen LogP contribution in [-0.4, -0.2) is 34.5 Å². The van der Waals surface area contributed by atoms with Crippen LogP contribution in [0.3, 0.4) is 0 Å². The van der Waals surface area contributed by atoms with Crippen molar-refractivity contribution in [3.8, 4) is 30.3 Å². The van der Waals surface area contributed by atoms with Gasteiger partial charge in [-0.15, -0.1) is 0 Å². The van der Waals surface area contributed by atoms with E-state index in [1.165, 1.54) is 0 Å². The standard InChI is InChI=1S/C10H2N7.Na.H/c11-1-2-17-9(5-14)7(3-12)16-8(4-13)10(17)6-15;;/h2H2;;/q+1;;. The summed E-state index contributed by atoms with van der Waals surface area (Å²) < 4.78 is 1.00. The van der Waals surface area contributed by atoms with Crippen molar-refractivity contribution in [1.82, 2.24) is 4.98 Å². The normalized spacial score (nSPS) is 7.50. The van der Waals surface area contributed by atoms with E-state index in [2.05, 4.69) is 4.98 Å². The van der Waals surface area contributed by atoms with Crippen molar-refractivity contribution in [3.63, 3.8) is 0 Å². The molecule has 1 aromatic heterocycles. The van der Waals surface area contributed by atoms with Gasteiger partial charge in [-0.25, -0.2) is 4.98 Å². The molecular formula is C10H3N7Na+. The average Bonchev–Trinajstić information content (AvgIpc) is 2.37. The number of nitrogens with zero attached hydrogens (tertiary/aromatic N) is 7. The second kappa shape index (κ2) is 6.97. The Bertz CT molecular complexity index is 638. The van der Waals surface area contributed by atoms with Crippen molar-refractivity contribution >= 4 is 29.6 Å². The molecule has 0 saturated carbocycles. The molecule has 0 aliphatic carbocycles. The molecule has 1 heterocycles. The maximum atomic E-state index is 8.88. The van der Waals surface area contributed by atoms with E-state index in [1.54, 1.807) is 30.3 Å². The Kier molecular flexibility index (Phi) is 6.02. The zero-order valence-corrected chi connectivity index (χ0v) is 8.34. The van der Waals surface area contributed by atoms with E-state index >= 15 is 0 Å². The average molecular weight is 244 g/mol. The SMILES string of the molecule is N#CC[n+]1c(C#N)c(C#N)nc(C#N)c1C#N.[NaH]. The van der Waals surface area contributed by atoms with Gasteiger partial charge in [0.2, 0.25) is 17.9 Å². The van der Waals surface area contributed by atoms with E-state index in [1.807, 2.05) is 0 Å². The van der Waals surface area contributed by atoms with Gasteiger partial charge in [-0.2, -0.15) is 30.9 Å². The molecular weight excluding hydrogens is 241 g/mol. The summed E-state index contributed by atoms with van der Waals surface area (Å²) >= 11 is 0. The summed E-state index contributed by atoms with van der Waals surface area (Å²) in [6.45, 7) is -0.308. The van der Waals surface area contributed by atoms with E-state index in [0.717, 1.165) is 4.57 Å². The molecule has 0 bridgehead atoms. The fourth-order valence-corrected chi connectivity index (χ4v) is 1.20. The van der Waals surface area contributed by atoms with Crippen LogP contribution in [0, 0.1) is 56.7 Å². The Morgan fingerprint density at radius 2 is 1.28 bits per heavy atom. The first-order valence-corrected chi connectivity index (χ1v) is 4.18. The van der Waals surface area contributed by atoms with Crippen molar-refractivity contribution in [2.45, 2.75) is 6.54 Å². The second-order valence-corrected chi connectivity index (χ2v) is 2.70. The first kappa shape index (κ1) is 15.5. The van der Waals surface area contributed by atoms with Crippen LogP contribution in [-0.2, 0) is 6.54 Å². The summed E-state index contributed by atoms with van der Waals surface area (Å²) in [5.41, 5.74) is -0.967. The van der Waals surface area contributed by atoms with Gasteiger partial charge < -0.3 is 0 Å². The molecule has 0 N–H and O–H groups in total. The van der Waals surface area contributed by atoms with Gasteiger partial charge >= 0.3 is 40.9 Å². The Balaban J connectivity index is 0.00000289. The molecule has 0 spiro atoms. The summed E-state index contributed by atoms with van der Waals surface area (Å²) in [5, 5.41) is 43.9. The zero-order chi connectivity index (χ0) is 12.8. The molecule has 0 amide bonds. The van der Waals surface area contributed by atoms with Crippen LogP contribution in [0.15, 0.2) is 0 Å². The van der Waals surface area contributed by atoms with Gasteiger partial charge in [0.25, 0.3) is 0 Å². The third-order valence-corrected chi connectivity index (χ3v) is 1.86. The minimum atomic E-state index is -0.308. The Morgan fingerprint density at radius 1 is 0.833 bits per heavy atom. The first-order chi connectivity index (χ1) is 8.23. The molecule has 1 rings (SSSR count). The molecule has 18 heavy (non-hydrogen) atoms. The van der Waals surface area contributed by atoms with Crippen molar-refractivity contribution in [2.24, 2.45) is 0 Å². The first-order valence-electron chi connectivity index (χ1n) is 4.18.